The molecule has 0 aliphatic carbocycles. The standard InChI is InChI=1S/C49H101N/c1-3-5-7-9-11-13-15-17-19-21-23-25-29-33-37-41-45-49(47-43-39-35-31-27-28-32-36-40-44-48-50)46-42-38-34-30-26-24-22-20-18-16-14-12-10-8-6-4-2/h49H,3-48,50H2,1-2H3. The number of rotatable bonds is 46. The lowest BCUT2D eigenvalue weighted by Gasteiger charge is -2.17. The van der Waals surface area contributed by atoms with Crippen molar-refractivity contribution in [1.29, 1.82) is 0 Å². The zero-order valence-electron chi connectivity index (χ0n) is 35.7. The van der Waals surface area contributed by atoms with Gasteiger partial charge in [-0.05, 0) is 18.9 Å². The number of nitrogens with two attached hydrogens (primary N) is 1. The summed E-state index contributed by atoms with van der Waals surface area (Å²) in [5.41, 5.74) is 5.63. The summed E-state index contributed by atoms with van der Waals surface area (Å²) in [5, 5.41) is 0. The Morgan fingerprint density at radius 2 is 0.380 bits per heavy atom. The molecule has 0 aromatic rings. The average Bonchev–Trinajstić information content (AvgIpc) is 3.13. The van der Waals surface area contributed by atoms with Crippen molar-refractivity contribution < 1.29 is 0 Å². The SMILES string of the molecule is CCCCCCCCCCCCCCCCCCC(CCCCCCCCCCCCN)CCCCCCCCCCCCCCCCCC. The maximum atomic E-state index is 5.63. The van der Waals surface area contributed by atoms with Gasteiger partial charge in [-0.1, -0.05) is 296 Å². The Bertz CT molecular complexity index is 521. The Balaban J connectivity index is 3.89. The summed E-state index contributed by atoms with van der Waals surface area (Å²) in [5.74, 6) is 1.02. The van der Waals surface area contributed by atoms with E-state index >= 15 is 0 Å². The zero-order valence-corrected chi connectivity index (χ0v) is 35.7. The molecule has 0 amide bonds. The molecule has 50 heavy (non-hydrogen) atoms. The van der Waals surface area contributed by atoms with Gasteiger partial charge in [0.1, 0.15) is 0 Å². The summed E-state index contributed by atoms with van der Waals surface area (Å²) in [6, 6.07) is 0. The molecule has 0 rings (SSSR count). The minimum absolute atomic E-state index is 0.875. The van der Waals surface area contributed by atoms with E-state index in [1.54, 1.807) is 0 Å². The highest BCUT2D eigenvalue weighted by Crippen LogP contribution is 2.25. The fourth-order valence-corrected chi connectivity index (χ4v) is 8.39. The van der Waals surface area contributed by atoms with E-state index in [-0.39, 0.29) is 0 Å². The lowest BCUT2D eigenvalue weighted by Crippen LogP contribution is -2.01. The molecule has 0 bridgehead atoms. The molecule has 0 aromatic heterocycles. The fourth-order valence-electron chi connectivity index (χ4n) is 8.39. The van der Waals surface area contributed by atoms with Gasteiger partial charge in [0.05, 0.1) is 0 Å². The molecular weight excluding hydrogens is 603 g/mol. The van der Waals surface area contributed by atoms with Gasteiger partial charge in [0.2, 0.25) is 0 Å². The zero-order chi connectivity index (χ0) is 36.1. The second-order valence-corrected chi connectivity index (χ2v) is 17.2. The smallest absolute Gasteiger partial charge is 0.00773 e. The van der Waals surface area contributed by atoms with Crippen LogP contribution in [0.1, 0.15) is 303 Å². The molecule has 1 heteroatoms. The third-order valence-corrected chi connectivity index (χ3v) is 12.0. The molecule has 0 saturated carbocycles. The van der Waals surface area contributed by atoms with E-state index in [4.69, 9.17) is 5.73 Å². The summed E-state index contributed by atoms with van der Waals surface area (Å²) >= 11 is 0. The van der Waals surface area contributed by atoms with Crippen molar-refractivity contribution in [1.82, 2.24) is 0 Å². The highest BCUT2D eigenvalue weighted by molar-refractivity contribution is 4.63. The Kier molecular flexibility index (Phi) is 46.9. The van der Waals surface area contributed by atoms with Crippen molar-refractivity contribution in [2.75, 3.05) is 6.54 Å². The van der Waals surface area contributed by atoms with E-state index < -0.39 is 0 Å². The van der Waals surface area contributed by atoms with Gasteiger partial charge < -0.3 is 5.73 Å². The molecule has 0 atom stereocenters. The topological polar surface area (TPSA) is 26.0 Å². The molecule has 0 aliphatic heterocycles. The largest absolute Gasteiger partial charge is 0.330 e. The van der Waals surface area contributed by atoms with Crippen molar-refractivity contribution in [2.45, 2.75) is 303 Å². The van der Waals surface area contributed by atoms with Gasteiger partial charge in [0.15, 0.2) is 0 Å². The van der Waals surface area contributed by atoms with Crippen molar-refractivity contribution in [3.8, 4) is 0 Å². The van der Waals surface area contributed by atoms with Crippen LogP contribution in [0.3, 0.4) is 0 Å². The van der Waals surface area contributed by atoms with E-state index in [1.807, 2.05) is 0 Å². The van der Waals surface area contributed by atoms with Gasteiger partial charge in [-0.15, -0.1) is 0 Å². The van der Waals surface area contributed by atoms with Crippen LogP contribution in [0.25, 0.3) is 0 Å². The highest BCUT2D eigenvalue weighted by Gasteiger charge is 2.09. The first-order valence-corrected chi connectivity index (χ1v) is 24.5. The number of hydrogen-bond acceptors (Lipinski definition) is 1. The minimum Gasteiger partial charge on any atom is -0.330 e. The first-order valence-electron chi connectivity index (χ1n) is 24.5. The highest BCUT2D eigenvalue weighted by atomic mass is 14.5. The Hall–Kier alpha value is -0.0400. The lowest BCUT2D eigenvalue weighted by atomic mass is 9.89. The summed E-state index contributed by atoms with van der Waals surface area (Å²) in [6.07, 6.45) is 66.2. The maximum absolute atomic E-state index is 5.63. The monoisotopic (exact) mass is 704 g/mol. The Labute approximate surface area is 320 Å². The van der Waals surface area contributed by atoms with Gasteiger partial charge in [0.25, 0.3) is 0 Å². The van der Waals surface area contributed by atoms with E-state index in [9.17, 15) is 0 Å². The van der Waals surface area contributed by atoms with Crippen LogP contribution in [-0.4, -0.2) is 6.54 Å². The summed E-state index contributed by atoms with van der Waals surface area (Å²) < 4.78 is 0. The molecule has 0 aliphatic rings. The van der Waals surface area contributed by atoms with E-state index in [0.29, 0.717) is 0 Å². The number of unbranched alkanes of at least 4 members (excludes halogenated alkanes) is 39. The molecule has 0 radical (unpaired) electrons. The molecule has 2 N–H and O–H groups in total. The summed E-state index contributed by atoms with van der Waals surface area (Å²) in [4.78, 5) is 0. The van der Waals surface area contributed by atoms with Gasteiger partial charge >= 0.3 is 0 Å². The molecule has 0 saturated heterocycles. The molecule has 0 spiro atoms. The van der Waals surface area contributed by atoms with E-state index in [2.05, 4.69) is 13.8 Å². The molecule has 0 unspecified atom stereocenters. The third-order valence-electron chi connectivity index (χ3n) is 12.0. The third kappa shape index (κ3) is 44.1. The Morgan fingerprint density at radius 1 is 0.220 bits per heavy atom. The van der Waals surface area contributed by atoms with Crippen molar-refractivity contribution in [2.24, 2.45) is 11.7 Å². The van der Waals surface area contributed by atoms with E-state index in [0.717, 1.165) is 12.5 Å². The molecular formula is C49H101N. The van der Waals surface area contributed by atoms with Crippen LogP contribution >= 0.6 is 0 Å². The summed E-state index contributed by atoms with van der Waals surface area (Å²) in [6.45, 7) is 5.51. The molecule has 0 aromatic carbocycles. The normalized spacial score (nSPS) is 11.8. The minimum atomic E-state index is 0.875. The fraction of sp³-hybridized carbons (Fsp3) is 1.00. The average molecular weight is 704 g/mol. The van der Waals surface area contributed by atoms with Gasteiger partial charge in [-0.25, -0.2) is 0 Å². The van der Waals surface area contributed by atoms with Crippen molar-refractivity contribution >= 4 is 0 Å². The van der Waals surface area contributed by atoms with Crippen LogP contribution < -0.4 is 5.73 Å². The lowest BCUT2D eigenvalue weighted by molar-refractivity contribution is 0.365. The maximum Gasteiger partial charge on any atom is -0.00773 e. The van der Waals surface area contributed by atoms with Crippen LogP contribution in [0.4, 0.5) is 0 Å². The van der Waals surface area contributed by atoms with Gasteiger partial charge in [-0.2, -0.15) is 0 Å². The molecule has 0 fully saturated rings. The quantitative estimate of drug-likeness (QED) is 0.0628. The van der Waals surface area contributed by atoms with Crippen LogP contribution in [0, 0.1) is 5.92 Å². The summed E-state index contributed by atoms with van der Waals surface area (Å²) in [7, 11) is 0. The second-order valence-electron chi connectivity index (χ2n) is 17.2. The molecule has 302 valence electrons. The van der Waals surface area contributed by atoms with Crippen LogP contribution in [0.5, 0.6) is 0 Å². The second kappa shape index (κ2) is 47.0. The van der Waals surface area contributed by atoms with Crippen molar-refractivity contribution in [3.05, 3.63) is 0 Å². The first-order chi connectivity index (χ1) is 24.8. The molecule has 0 heterocycles. The molecule has 1 nitrogen and oxygen atoms in total. The van der Waals surface area contributed by atoms with Crippen LogP contribution in [0.15, 0.2) is 0 Å². The Morgan fingerprint density at radius 3 is 0.560 bits per heavy atom. The van der Waals surface area contributed by atoms with Gasteiger partial charge in [0, 0.05) is 0 Å². The predicted octanol–water partition coefficient (Wildman–Crippen LogP) is 18.2. The van der Waals surface area contributed by atoms with Crippen LogP contribution in [-0.2, 0) is 0 Å². The van der Waals surface area contributed by atoms with Crippen LogP contribution in [0.2, 0.25) is 0 Å². The van der Waals surface area contributed by atoms with Gasteiger partial charge in [-0.3, -0.25) is 0 Å². The predicted molar refractivity (Wildman–Crippen MR) is 232 cm³/mol. The first kappa shape index (κ1) is 50.0. The number of hydrogen-bond donors (Lipinski definition) is 1. The van der Waals surface area contributed by atoms with Crippen molar-refractivity contribution in [3.63, 3.8) is 0 Å². The van der Waals surface area contributed by atoms with E-state index in [1.165, 1.54) is 289 Å².